The van der Waals surface area contributed by atoms with Crippen molar-refractivity contribution >= 4 is 0 Å². The van der Waals surface area contributed by atoms with E-state index in [9.17, 15) is 0 Å². The molecule has 4 nitrogen and oxygen atoms in total. The molecule has 0 saturated heterocycles. The zero-order valence-electron chi connectivity index (χ0n) is 18.5. The van der Waals surface area contributed by atoms with Crippen LogP contribution in [0.25, 0.3) is 0 Å². The van der Waals surface area contributed by atoms with Crippen molar-refractivity contribution < 1.29 is 19.6 Å². The van der Waals surface area contributed by atoms with Gasteiger partial charge in [-0.2, -0.15) is 9.78 Å². The third kappa shape index (κ3) is 8.85. The third-order valence-corrected chi connectivity index (χ3v) is 5.39. The lowest BCUT2D eigenvalue weighted by molar-refractivity contribution is -0.550. The van der Waals surface area contributed by atoms with E-state index in [0.29, 0.717) is 11.8 Å². The van der Waals surface area contributed by atoms with Gasteiger partial charge >= 0.3 is 0 Å². The fraction of sp³-hybridized carbons (Fsp3) is 1.00. The summed E-state index contributed by atoms with van der Waals surface area (Å²) in [6, 6.07) is 0. The predicted molar refractivity (Wildman–Crippen MR) is 104 cm³/mol. The van der Waals surface area contributed by atoms with Crippen molar-refractivity contribution in [1.29, 1.82) is 0 Å². The Balaban J connectivity index is 5.21. The average Bonchev–Trinajstić information content (AvgIpc) is 2.51. The summed E-state index contributed by atoms with van der Waals surface area (Å²) < 4.78 is 0. The molecule has 0 rings (SSSR count). The van der Waals surface area contributed by atoms with Gasteiger partial charge in [-0.1, -0.05) is 60.8 Å². The Bertz CT molecular complexity index is 324. The minimum atomic E-state index is -0.859. The molecule has 0 saturated carbocycles. The molecule has 0 spiro atoms. The van der Waals surface area contributed by atoms with Gasteiger partial charge in [0.2, 0.25) is 5.79 Å². The Morgan fingerprint density at radius 3 is 1.36 bits per heavy atom. The molecule has 0 radical (unpaired) electrons. The Hall–Kier alpha value is -0.160. The molecule has 0 N–H and O–H groups in total. The zero-order chi connectivity index (χ0) is 19.7. The first kappa shape index (κ1) is 24.8. The van der Waals surface area contributed by atoms with Crippen molar-refractivity contribution in [2.45, 2.75) is 125 Å². The van der Waals surface area contributed by atoms with Gasteiger partial charge in [0.25, 0.3) is 0 Å². The van der Waals surface area contributed by atoms with Crippen LogP contribution in [0.5, 0.6) is 0 Å². The van der Waals surface area contributed by atoms with Crippen LogP contribution in [0.4, 0.5) is 0 Å². The molecule has 152 valence electrons. The van der Waals surface area contributed by atoms with Crippen LogP contribution in [0.1, 0.15) is 108 Å². The van der Waals surface area contributed by atoms with Crippen molar-refractivity contribution in [2.75, 3.05) is 0 Å². The van der Waals surface area contributed by atoms with E-state index in [-0.39, 0.29) is 11.2 Å². The summed E-state index contributed by atoms with van der Waals surface area (Å²) in [7, 11) is 0. The normalized spacial score (nSPS) is 13.9. The lowest BCUT2D eigenvalue weighted by Crippen LogP contribution is -2.44. The van der Waals surface area contributed by atoms with Crippen LogP contribution in [0.2, 0.25) is 0 Å². The lowest BCUT2D eigenvalue weighted by Gasteiger charge is -2.38. The molecule has 0 aromatic rings. The molecular formula is C21H44O4. The van der Waals surface area contributed by atoms with Gasteiger partial charge in [0, 0.05) is 12.8 Å². The van der Waals surface area contributed by atoms with E-state index < -0.39 is 5.79 Å². The van der Waals surface area contributed by atoms with Crippen LogP contribution < -0.4 is 0 Å². The van der Waals surface area contributed by atoms with E-state index in [4.69, 9.17) is 19.6 Å². The first-order valence-corrected chi connectivity index (χ1v) is 10.2. The summed E-state index contributed by atoms with van der Waals surface area (Å²) in [5, 5.41) is 0. The Morgan fingerprint density at radius 2 is 1.04 bits per heavy atom. The minimum absolute atomic E-state index is 0.329. The van der Waals surface area contributed by atoms with Crippen molar-refractivity contribution in [3.8, 4) is 0 Å². The highest BCUT2D eigenvalue weighted by Crippen LogP contribution is 2.34. The summed E-state index contributed by atoms with van der Waals surface area (Å²) in [5.74, 6) is -0.201. The van der Waals surface area contributed by atoms with Crippen LogP contribution in [0.15, 0.2) is 0 Å². The molecule has 0 aliphatic rings. The SMILES string of the molecule is CCCCCC(CCC)(OOC(C)(C)C(C)C)OOC(C)(C)C(C)C. The van der Waals surface area contributed by atoms with Crippen molar-refractivity contribution in [3.63, 3.8) is 0 Å². The van der Waals surface area contributed by atoms with E-state index in [1.807, 2.05) is 27.7 Å². The van der Waals surface area contributed by atoms with Gasteiger partial charge in [-0.05, 0) is 46.0 Å². The molecule has 0 fully saturated rings. The van der Waals surface area contributed by atoms with Crippen LogP contribution in [-0.4, -0.2) is 17.0 Å². The maximum atomic E-state index is 5.97. The van der Waals surface area contributed by atoms with Crippen molar-refractivity contribution in [3.05, 3.63) is 0 Å². The van der Waals surface area contributed by atoms with Crippen LogP contribution in [0.3, 0.4) is 0 Å². The average molecular weight is 361 g/mol. The number of hydrogen-bond donors (Lipinski definition) is 0. The Labute approximate surface area is 156 Å². The highest BCUT2D eigenvalue weighted by molar-refractivity contribution is 4.74. The van der Waals surface area contributed by atoms with Gasteiger partial charge in [0.1, 0.15) is 11.2 Å². The fourth-order valence-electron chi connectivity index (χ4n) is 1.89. The van der Waals surface area contributed by atoms with Gasteiger partial charge in [-0.3, -0.25) is 0 Å². The van der Waals surface area contributed by atoms with E-state index in [0.717, 1.165) is 38.5 Å². The van der Waals surface area contributed by atoms with Crippen molar-refractivity contribution in [1.82, 2.24) is 0 Å². The zero-order valence-corrected chi connectivity index (χ0v) is 18.5. The molecule has 0 aliphatic heterocycles. The Morgan fingerprint density at radius 1 is 0.600 bits per heavy atom. The van der Waals surface area contributed by atoms with Gasteiger partial charge in [-0.25, -0.2) is 9.78 Å². The monoisotopic (exact) mass is 360 g/mol. The van der Waals surface area contributed by atoms with Crippen LogP contribution in [0, 0.1) is 11.8 Å². The highest BCUT2D eigenvalue weighted by Gasteiger charge is 2.40. The molecule has 25 heavy (non-hydrogen) atoms. The largest absolute Gasteiger partial charge is 0.234 e. The summed E-state index contributed by atoms with van der Waals surface area (Å²) in [4.78, 5) is 23.7. The molecule has 0 heterocycles. The number of unbranched alkanes of at least 4 members (excludes halogenated alkanes) is 2. The van der Waals surface area contributed by atoms with E-state index in [1.165, 1.54) is 0 Å². The topological polar surface area (TPSA) is 36.9 Å². The van der Waals surface area contributed by atoms with E-state index in [2.05, 4.69) is 41.5 Å². The second-order valence-electron chi connectivity index (χ2n) is 8.97. The minimum Gasteiger partial charge on any atom is -0.227 e. The van der Waals surface area contributed by atoms with Gasteiger partial charge < -0.3 is 0 Å². The molecule has 0 aliphatic carbocycles. The standard InChI is InChI=1S/C21H44O4/c1-11-13-14-16-21(15-12-2,24-22-19(7,8)17(3)4)25-23-20(9,10)18(5)6/h17-18H,11-16H2,1-10H3. The number of hydrogen-bond acceptors (Lipinski definition) is 4. The first-order valence-electron chi connectivity index (χ1n) is 10.2. The Kier molecular flexibility index (Phi) is 10.8. The van der Waals surface area contributed by atoms with E-state index >= 15 is 0 Å². The predicted octanol–water partition coefficient (Wildman–Crippen LogP) is 6.83. The summed E-state index contributed by atoms with van der Waals surface area (Å²) in [5.41, 5.74) is -0.776. The summed E-state index contributed by atoms with van der Waals surface area (Å²) >= 11 is 0. The van der Waals surface area contributed by atoms with E-state index in [1.54, 1.807) is 0 Å². The van der Waals surface area contributed by atoms with Crippen molar-refractivity contribution in [2.24, 2.45) is 11.8 Å². The van der Waals surface area contributed by atoms with Crippen LogP contribution >= 0.6 is 0 Å². The summed E-state index contributed by atoms with van der Waals surface area (Å²) in [6.45, 7) is 21.0. The third-order valence-electron chi connectivity index (χ3n) is 5.39. The van der Waals surface area contributed by atoms with Gasteiger partial charge in [-0.15, -0.1) is 0 Å². The highest BCUT2D eigenvalue weighted by atomic mass is 17.3. The second-order valence-corrected chi connectivity index (χ2v) is 8.97. The molecule has 0 aromatic carbocycles. The molecule has 0 atom stereocenters. The number of rotatable bonds is 14. The molecule has 0 aromatic heterocycles. The summed E-state index contributed by atoms with van der Waals surface area (Å²) in [6.07, 6.45) is 5.74. The van der Waals surface area contributed by atoms with Crippen LogP contribution in [-0.2, 0) is 19.6 Å². The molecule has 0 unspecified atom stereocenters. The quantitative estimate of drug-likeness (QED) is 0.147. The fourth-order valence-corrected chi connectivity index (χ4v) is 1.89. The first-order chi connectivity index (χ1) is 11.4. The smallest absolute Gasteiger partial charge is 0.227 e. The second kappa shape index (κ2) is 10.9. The lowest BCUT2D eigenvalue weighted by atomic mass is 9.95. The maximum Gasteiger partial charge on any atom is 0.234 e. The molecule has 0 bridgehead atoms. The molecule has 0 amide bonds. The van der Waals surface area contributed by atoms with Gasteiger partial charge in [0.05, 0.1) is 0 Å². The van der Waals surface area contributed by atoms with Gasteiger partial charge in [0.15, 0.2) is 0 Å². The molecular weight excluding hydrogens is 316 g/mol. The molecule has 4 heteroatoms. The maximum absolute atomic E-state index is 5.97.